The zero-order valence-corrected chi connectivity index (χ0v) is 29.6. The molecule has 2 aromatic rings. The number of hydrogen-bond acceptors (Lipinski definition) is 13. The van der Waals surface area contributed by atoms with Crippen molar-refractivity contribution >= 4 is 23.9 Å². The second-order valence-corrected chi connectivity index (χ2v) is 14.3. The summed E-state index contributed by atoms with van der Waals surface area (Å²) in [6, 6.07) is 14.0. The zero-order chi connectivity index (χ0) is 38.0. The maximum Gasteiger partial charge on any atom is 0.338 e. The summed E-state index contributed by atoms with van der Waals surface area (Å²) >= 11 is 0. The van der Waals surface area contributed by atoms with Crippen LogP contribution in [0.2, 0.25) is 0 Å². The van der Waals surface area contributed by atoms with E-state index in [1.54, 1.807) is 42.5 Å². The van der Waals surface area contributed by atoms with Crippen molar-refractivity contribution in [3.8, 4) is 0 Å². The van der Waals surface area contributed by atoms with Gasteiger partial charge in [0, 0.05) is 37.9 Å². The Balaban J connectivity index is 1.05. The van der Waals surface area contributed by atoms with Crippen molar-refractivity contribution in [2.75, 3.05) is 32.9 Å². The van der Waals surface area contributed by atoms with E-state index in [9.17, 15) is 39.9 Å². The van der Waals surface area contributed by atoms with Crippen molar-refractivity contribution < 1.29 is 63.6 Å². The first kappa shape index (κ1) is 38.3. The predicted octanol–water partition coefficient (Wildman–Crippen LogP) is -0.250. The molecule has 0 saturated carbocycles. The van der Waals surface area contributed by atoms with E-state index in [0.29, 0.717) is 43.4 Å². The Hall–Kier alpha value is -4.03. The van der Waals surface area contributed by atoms with Gasteiger partial charge < -0.3 is 59.4 Å². The minimum atomic E-state index is -1.56. The highest BCUT2D eigenvalue weighted by atomic mass is 16.8. The molecule has 290 valence electrons. The Morgan fingerprint density at radius 1 is 0.981 bits per heavy atom. The van der Waals surface area contributed by atoms with Crippen molar-refractivity contribution in [1.29, 1.82) is 0 Å². The molecule has 0 radical (unpaired) electrons. The molecule has 1 spiro atoms. The normalized spacial score (nSPS) is 31.3. The predicted molar refractivity (Wildman–Crippen MR) is 188 cm³/mol. The third kappa shape index (κ3) is 7.87. The van der Waals surface area contributed by atoms with Gasteiger partial charge in [-0.2, -0.15) is 0 Å². The molecule has 3 aliphatic heterocycles. The fourth-order valence-electron chi connectivity index (χ4n) is 7.93. The topological polar surface area (TPSA) is 214 Å². The third-order valence-corrected chi connectivity index (χ3v) is 10.6. The summed E-state index contributed by atoms with van der Waals surface area (Å²) in [7, 11) is 0. The number of benzene rings is 2. The average Bonchev–Trinajstić information content (AvgIpc) is 3.91. The Morgan fingerprint density at radius 2 is 1.76 bits per heavy atom. The van der Waals surface area contributed by atoms with Crippen LogP contribution in [-0.4, -0.2) is 142 Å². The summed E-state index contributed by atoms with van der Waals surface area (Å²) in [6.07, 6.45) is -1.99. The maximum atomic E-state index is 14.0. The number of rotatable bonds is 11. The lowest BCUT2D eigenvalue weighted by Crippen LogP contribution is -2.59. The number of amides is 2. The van der Waals surface area contributed by atoms with Crippen LogP contribution in [0.25, 0.3) is 6.08 Å². The average molecular weight is 751 g/mol. The van der Waals surface area contributed by atoms with Crippen LogP contribution in [0.4, 0.5) is 0 Å². The van der Waals surface area contributed by atoms with Crippen LogP contribution in [0.15, 0.2) is 66.3 Å². The van der Waals surface area contributed by atoms with Crippen LogP contribution in [-0.2, 0) is 46.1 Å². The molecule has 0 bridgehead atoms. The minimum Gasteiger partial charge on any atom is -0.456 e. The monoisotopic (exact) mass is 750 g/mol. The summed E-state index contributed by atoms with van der Waals surface area (Å²) in [5.41, 5.74) is 3.43. The molecule has 3 fully saturated rings. The highest BCUT2D eigenvalue weighted by Gasteiger charge is 2.55. The summed E-state index contributed by atoms with van der Waals surface area (Å²) < 4.78 is 30.2. The quantitative estimate of drug-likeness (QED) is 0.164. The van der Waals surface area contributed by atoms with Crippen LogP contribution >= 0.6 is 0 Å². The molecule has 9 atom stereocenters. The first-order chi connectivity index (χ1) is 26.1. The van der Waals surface area contributed by atoms with Crippen molar-refractivity contribution in [3.63, 3.8) is 0 Å². The largest absolute Gasteiger partial charge is 0.456 e. The first-order valence-electron chi connectivity index (χ1n) is 18.3. The van der Waals surface area contributed by atoms with E-state index in [1.807, 2.05) is 24.3 Å². The number of hydrogen-bond donors (Lipinski definition) is 6. The summed E-state index contributed by atoms with van der Waals surface area (Å²) in [4.78, 5) is 42.2. The molecular formula is C39H46N2O13. The number of carbonyl (C=O) groups excluding carboxylic acids is 3. The molecule has 15 heteroatoms. The molecule has 6 N–H and O–H groups in total. The van der Waals surface area contributed by atoms with Crippen LogP contribution in [0.3, 0.4) is 0 Å². The number of carbonyl (C=O) groups is 3. The first-order valence-corrected chi connectivity index (χ1v) is 18.3. The molecule has 54 heavy (non-hydrogen) atoms. The standard InChI is InChI=1S/C39H46N2O13/c42-14-12-40-35(47)27-11-4-13-41(27)36(48)26-17-28(34-29(18-26)53-39(54-34)19-24-8-1-2-9-25(24)20-39)51-37(49)23-10-3-6-22(16-23)7-5-15-50-38-33(46)32(45)31(44)30(21-43)52-38/h1-3,5-10,16,18,27-34,38,42-46H,4,11-15,17,19-21H2,(H,40,47)/t27-,28-,29-,30-,31+,32+,33-,34+,38+/m1/s1. The third-order valence-electron chi connectivity index (χ3n) is 10.6. The van der Waals surface area contributed by atoms with Gasteiger partial charge in [0.2, 0.25) is 11.8 Å². The Morgan fingerprint density at radius 3 is 2.50 bits per heavy atom. The minimum absolute atomic E-state index is 0.0501. The van der Waals surface area contributed by atoms with E-state index in [4.69, 9.17) is 23.7 Å². The van der Waals surface area contributed by atoms with E-state index in [-0.39, 0.29) is 43.6 Å². The molecule has 5 aliphatic rings. The summed E-state index contributed by atoms with van der Waals surface area (Å²) in [5.74, 6) is -2.29. The number of likely N-dealkylation sites (tertiary alicyclic amines) is 1. The van der Waals surface area contributed by atoms with Gasteiger partial charge in [0.05, 0.1) is 25.4 Å². The van der Waals surface area contributed by atoms with E-state index >= 15 is 0 Å². The van der Waals surface area contributed by atoms with E-state index in [1.165, 1.54) is 4.90 Å². The molecular weight excluding hydrogens is 704 g/mol. The van der Waals surface area contributed by atoms with Crippen LogP contribution in [0.1, 0.15) is 46.3 Å². The summed E-state index contributed by atoms with van der Waals surface area (Å²) in [5, 5.41) is 51.4. The fraction of sp³-hybridized carbons (Fsp3) is 0.513. The van der Waals surface area contributed by atoms with Crippen LogP contribution in [0, 0.1) is 0 Å². The second-order valence-electron chi connectivity index (χ2n) is 14.3. The molecule has 0 aromatic heterocycles. The molecule has 15 nitrogen and oxygen atoms in total. The highest BCUT2D eigenvalue weighted by molar-refractivity contribution is 5.98. The molecule has 3 heterocycles. The number of ether oxygens (including phenoxy) is 5. The molecule has 3 saturated heterocycles. The smallest absolute Gasteiger partial charge is 0.338 e. The van der Waals surface area contributed by atoms with Gasteiger partial charge in [0.15, 0.2) is 12.1 Å². The molecule has 7 rings (SSSR count). The Kier molecular flexibility index (Phi) is 11.6. The molecule has 0 unspecified atom stereocenters. The second kappa shape index (κ2) is 16.4. The van der Waals surface area contributed by atoms with Gasteiger partial charge in [-0.3, -0.25) is 9.59 Å². The lowest BCUT2D eigenvalue weighted by atomic mass is 9.91. The Bertz CT molecular complexity index is 1740. The number of aliphatic hydroxyl groups excluding tert-OH is 5. The van der Waals surface area contributed by atoms with E-state index < -0.39 is 73.4 Å². The Labute approximate surface area is 311 Å². The lowest BCUT2D eigenvalue weighted by Gasteiger charge is -2.39. The highest BCUT2D eigenvalue weighted by Crippen LogP contribution is 2.45. The fourth-order valence-corrected chi connectivity index (χ4v) is 7.93. The SMILES string of the molecule is O=C(O[C@@H]1CC(C(=O)N2CCC[C@@H]2C(=O)NCCO)=C[C@H]2OC3(Cc4ccccc4C3)O[C@H]21)c1cccc(C=CCO[C@H]2O[C@H](CO)[C@H](O)[C@H](O)[C@H]2O)c1. The van der Waals surface area contributed by atoms with Gasteiger partial charge >= 0.3 is 5.97 Å². The maximum absolute atomic E-state index is 14.0. The van der Waals surface area contributed by atoms with Gasteiger partial charge in [0.1, 0.15) is 48.8 Å². The molecule has 2 aromatic carbocycles. The number of esters is 1. The van der Waals surface area contributed by atoms with Crippen molar-refractivity contribution in [2.45, 2.75) is 93.0 Å². The summed E-state index contributed by atoms with van der Waals surface area (Å²) in [6.45, 7) is -0.371. The lowest BCUT2D eigenvalue weighted by molar-refractivity contribution is -0.298. The van der Waals surface area contributed by atoms with Crippen LogP contribution in [0.5, 0.6) is 0 Å². The molecule has 2 aliphatic carbocycles. The van der Waals surface area contributed by atoms with Crippen LogP contribution < -0.4 is 5.32 Å². The van der Waals surface area contributed by atoms with E-state index in [2.05, 4.69) is 5.32 Å². The van der Waals surface area contributed by atoms with Crippen molar-refractivity contribution in [1.82, 2.24) is 10.2 Å². The number of nitrogens with one attached hydrogen (secondary N) is 1. The molecule has 2 amide bonds. The number of aliphatic hydroxyl groups is 5. The van der Waals surface area contributed by atoms with Crippen molar-refractivity contribution in [3.05, 3.63) is 88.5 Å². The van der Waals surface area contributed by atoms with Gasteiger partial charge in [0.25, 0.3) is 0 Å². The van der Waals surface area contributed by atoms with Gasteiger partial charge in [-0.1, -0.05) is 48.6 Å². The van der Waals surface area contributed by atoms with Crippen molar-refractivity contribution in [2.24, 2.45) is 0 Å². The van der Waals surface area contributed by atoms with E-state index in [0.717, 1.165) is 11.1 Å². The number of nitrogens with zero attached hydrogens (tertiary/aromatic N) is 1. The van der Waals surface area contributed by atoms with Gasteiger partial charge in [-0.25, -0.2) is 4.79 Å². The number of fused-ring (bicyclic) bond motifs is 2. The van der Waals surface area contributed by atoms with Gasteiger partial charge in [-0.15, -0.1) is 0 Å². The zero-order valence-electron chi connectivity index (χ0n) is 29.6. The van der Waals surface area contributed by atoms with Gasteiger partial charge in [-0.05, 0) is 47.7 Å².